The average molecular weight is 240 g/mol. The van der Waals surface area contributed by atoms with Gasteiger partial charge < -0.3 is 5.73 Å². The number of carbonyl (C=O) groups excluding carboxylic acids is 1. The average Bonchev–Trinajstić information content (AvgIpc) is 2.08. The number of amides is 1. The van der Waals surface area contributed by atoms with Crippen LogP contribution in [0.1, 0.15) is 21.5 Å². The van der Waals surface area contributed by atoms with Crippen LogP contribution in [0.4, 0.5) is 0 Å². The third kappa shape index (κ3) is 2.18. The van der Waals surface area contributed by atoms with Gasteiger partial charge in [-0.15, -0.1) is 0 Å². The number of halogens is 1. The van der Waals surface area contributed by atoms with Crippen molar-refractivity contribution >= 4 is 27.9 Å². The van der Waals surface area contributed by atoms with Crippen LogP contribution < -0.4 is 5.73 Å². The third-order valence-electron chi connectivity index (χ3n) is 1.82. The summed E-state index contributed by atoms with van der Waals surface area (Å²) >= 11 is 3.17. The highest BCUT2D eigenvalue weighted by molar-refractivity contribution is 9.11. The normalized spacial score (nSPS) is 10.6. The van der Waals surface area contributed by atoms with Crippen molar-refractivity contribution in [3.63, 3.8) is 0 Å². The third-order valence-corrected chi connectivity index (χ3v) is 2.08. The summed E-state index contributed by atoms with van der Waals surface area (Å²) in [4.78, 5) is 12.7. The van der Waals surface area contributed by atoms with Gasteiger partial charge in [-0.1, -0.05) is 28.1 Å². The first-order valence-corrected chi connectivity index (χ1v) is 4.74. The number of nitrogens with two attached hydrogens (primary N) is 1. The van der Waals surface area contributed by atoms with Gasteiger partial charge in [-0.3, -0.25) is 4.79 Å². The van der Waals surface area contributed by atoms with Crippen molar-refractivity contribution in [2.24, 2.45) is 5.73 Å². The minimum Gasteiger partial charge on any atom is -0.366 e. The van der Waals surface area contributed by atoms with Crippen molar-refractivity contribution < 1.29 is 4.79 Å². The molecule has 1 amide bonds. The van der Waals surface area contributed by atoms with Crippen LogP contribution in [0.5, 0.6) is 0 Å². The lowest BCUT2D eigenvalue weighted by atomic mass is 10.0. The molecule has 2 N–H and O–H groups in total. The molecule has 0 aromatic heterocycles. The molecule has 68 valence electrons. The molecule has 1 aromatic carbocycles. The van der Waals surface area contributed by atoms with Crippen LogP contribution in [0.3, 0.4) is 0 Å². The maximum absolute atomic E-state index is 11.0. The lowest BCUT2D eigenvalue weighted by Gasteiger charge is -2.04. The molecule has 0 bridgehead atoms. The van der Waals surface area contributed by atoms with E-state index >= 15 is 0 Å². The predicted octanol–water partition coefficient (Wildman–Crippen LogP) is 2.46. The Bertz CT molecular complexity index is 358. The molecule has 0 aliphatic heterocycles. The summed E-state index contributed by atoms with van der Waals surface area (Å²) in [6.45, 7) is 1.94. The Kier molecular flexibility index (Phi) is 3.25. The van der Waals surface area contributed by atoms with Gasteiger partial charge in [0.15, 0.2) is 0 Å². The molecule has 0 radical (unpaired) electrons. The van der Waals surface area contributed by atoms with E-state index in [1.807, 2.05) is 25.1 Å². The van der Waals surface area contributed by atoms with Crippen molar-refractivity contribution in [2.75, 3.05) is 0 Å². The zero-order valence-electron chi connectivity index (χ0n) is 7.25. The molecule has 2 nitrogen and oxygen atoms in total. The first kappa shape index (κ1) is 9.99. The molecule has 1 rings (SSSR count). The van der Waals surface area contributed by atoms with Crippen LogP contribution in [0.15, 0.2) is 23.2 Å². The Morgan fingerprint density at radius 2 is 2.23 bits per heavy atom. The first-order chi connectivity index (χ1) is 6.16. The van der Waals surface area contributed by atoms with E-state index in [-0.39, 0.29) is 0 Å². The Balaban J connectivity index is 3.33. The number of aryl methyl sites for hydroxylation is 1. The van der Waals surface area contributed by atoms with E-state index in [1.165, 1.54) is 0 Å². The predicted molar refractivity (Wildman–Crippen MR) is 57.7 cm³/mol. The Hall–Kier alpha value is -1.09. The summed E-state index contributed by atoms with van der Waals surface area (Å²) in [5.41, 5.74) is 7.68. The fraction of sp³-hybridized carbons (Fsp3) is 0.100. The Morgan fingerprint density at radius 3 is 2.77 bits per heavy atom. The van der Waals surface area contributed by atoms with Crippen molar-refractivity contribution in [1.29, 1.82) is 0 Å². The second kappa shape index (κ2) is 4.23. The fourth-order valence-corrected chi connectivity index (χ4v) is 1.44. The van der Waals surface area contributed by atoms with Gasteiger partial charge in [-0.25, -0.2) is 0 Å². The van der Waals surface area contributed by atoms with Gasteiger partial charge in [0.05, 0.1) is 0 Å². The molecule has 0 aliphatic carbocycles. The van der Waals surface area contributed by atoms with Gasteiger partial charge in [0.25, 0.3) is 0 Å². The molecule has 0 heterocycles. The molecule has 0 fully saturated rings. The largest absolute Gasteiger partial charge is 0.366 e. The van der Waals surface area contributed by atoms with Gasteiger partial charge in [0.2, 0.25) is 5.91 Å². The molecule has 0 saturated carbocycles. The van der Waals surface area contributed by atoms with E-state index in [0.29, 0.717) is 5.56 Å². The standard InChI is InChI=1S/C10H10BrNO/c1-7-3-2-4-9(10(12)13)8(7)5-6-11/h2-6H,1H3,(H2,12,13). The van der Waals surface area contributed by atoms with Crippen molar-refractivity contribution in [1.82, 2.24) is 0 Å². The number of benzene rings is 1. The number of rotatable bonds is 2. The van der Waals surface area contributed by atoms with Crippen molar-refractivity contribution in [3.8, 4) is 0 Å². The van der Waals surface area contributed by atoms with Gasteiger partial charge in [-0.2, -0.15) is 0 Å². The maximum Gasteiger partial charge on any atom is 0.249 e. The van der Waals surface area contributed by atoms with Crippen LogP contribution in [-0.2, 0) is 0 Å². The number of carbonyl (C=O) groups is 1. The van der Waals surface area contributed by atoms with Crippen LogP contribution >= 0.6 is 15.9 Å². The lowest BCUT2D eigenvalue weighted by Crippen LogP contribution is -2.13. The van der Waals surface area contributed by atoms with E-state index in [1.54, 1.807) is 11.1 Å². The van der Waals surface area contributed by atoms with Gasteiger partial charge in [0.1, 0.15) is 0 Å². The van der Waals surface area contributed by atoms with Crippen LogP contribution in [0, 0.1) is 6.92 Å². The molecular weight excluding hydrogens is 230 g/mol. The van der Waals surface area contributed by atoms with E-state index in [9.17, 15) is 4.79 Å². The summed E-state index contributed by atoms with van der Waals surface area (Å²) in [5, 5.41) is 0. The zero-order valence-corrected chi connectivity index (χ0v) is 8.84. The summed E-state index contributed by atoms with van der Waals surface area (Å²) in [6.07, 6.45) is 1.81. The minimum absolute atomic E-state index is 0.399. The highest BCUT2D eigenvalue weighted by atomic mass is 79.9. The monoisotopic (exact) mass is 239 g/mol. The van der Waals surface area contributed by atoms with Crippen LogP contribution in [0.2, 0.25) is 0 Å². The highest BCUT2D eigenvalue weighted by Crippen LogP contribution is 2.16. The van der Waals surface area contributed by atoms with Gasteiger partial charge in [0, 0.05) is 5.56 Å². The van der Waals surface area contributed by atoms with E-state index in [0.717, 1.165) is 11.1 Å². The molecule has 0 unspecified atom stereocenters. The van der Waals surface area contributed by atoms with Gasteiger partial charge in [-0.05, 0) is 35.2 Å². The molecule has 0 atom stereocenters. The number of hydrogen-bond donors (Lipinski definition) is 1. The van der Waals surface area contributed by atoms with Crippen LogP contribution in [-0.4, -0.2) is 5.91 Å². The summed E-state index contributed by atoms with van der Waals surface area (Å²) < 4.78 is 0. The SMILES string of the molecule is Cc1cccc(C(N)=O)c1C=CBr. The molecule has 1 aromatic rings. The second-order valence-corrected chi connectivity index (χ2v) is 3.22. The van der Waals surface area contributed by atoms with E-state index in [2.05, 4.69) is 15.9 Å². The highest BCUT2D eigenvalue weighted by Gasteiger charge is 2.06. The topological polar surface area (TPSA) is 43.1 Å². The van der Waals surface area contributed by atoms with Gasteiger partial charge >= 0.3 is 0 Å². The van der Waals surface area contributed by atoms with Crippen LogP contribution in [0.25, 0.3) is 6.08 Å². The summed E-state index contributed by atoms with van der Waals surface area (Å²) in [7, 11) is 0. The summed E-state index contributed by atoms with van der Waals surface area (Å²) in [5.74, 6) is -0.399. The molecule has 0 spiro atoms. The molecule has 3 heteroatoms. The quantitative estimate of drug-likeness (QED) is 0.847. The van der Waals surface area contributed by atoms with Crippen molar-refractivity contribution in [3.05, 3.63) is 39.9 Å². The number of primary amides is 1. The smallest absolute Gasteiger partial charge is 0.249 e. The lowest BCUT2D eigenvalue weighted by molar-refractivity contribution is 0.1000. The maximum atomic E-state index is 11.0. The Labute approximate surface area is 85.6 Å². The molecule has 13 heavy (non-hydrogen) atoms. The summed E-state index contributed by atoms with van der Waals surface area (Å²) in [6, 6.07) is 5.48. The molecular formula is C10H10BrNO. The zero-order chi connectivity index (χ0) is 9.84. The fourth-order valence-electron chi connectivity index (χ4n) is 1.18. The first-order valence-electron chi connectivity index (χ1n) is 3.83. The molecule has 0 aliphatic rings. The van der Waals surface area contributed by atoms with Crippen molar-refractivity contribution in [2.45, 2.75) is 6.92 Å². The number of hydrogen-bond acceptors (Lipinski definition) is 1. The molecule has 0 saturated heterocycles. The minimum atomic E-state index is -0.399. The second-order valence-electron chi connectivity index (χ2n) is 2.69. The van der Waals surface area contributed by atoms with E-state index < -0.39 is 5.91 Å². The van der Waals surface area contributed by atoms with E-state index in [4.69, 9.17) is 5.73 Å². The Morgan fingerprint density at radius 1 is 1.54 bits per heavy atom.